The second-order valence-corrected chi connectivity index (χ2v) is 4.21. The average Bonchev–Trinajstić information content (AvgIpc) is 2.34. The van der Waals surface area contributed by atoms with Gasteiger partial charge in [0, 0.05) is 33.7 Å². The lowest BCUT2D eigenvalue weighted by Crippen LogP contribution is -2.44. The molecule has 0 aromatic rings. The molecule has 0 bridgehead atoms. The van der Waals surface area contributed by atoms with E-state index < -0.39 is 17.9 Å². The van der Waals surface area contributed by atoms with E-state index in [1.54, 1.807) is 21.0 Å². The maximum Gasteiger partial charge on any atom is 0.316 e. The largest absolute Gasteiger partial charge is 0.481 e. The molecule has 0 aliphatic heterocycles. The van der Waals surface area contributed by atoms with Crippen LogP contribution in [0.25, 0.3) is 0 Å². The highest BCUT2D eigenvalue weighted by Gasteiger charge is 2.15. The number of aliphatic carboxylic acids is 1. The maximum absolute atomic E-state index is 11.3. The summed E-state index contributed by atoms with van der Waals surface area (Å²) in [4.78, 5) is 34.6. The van der Waals surface area contributed by atoms with Gasteiger partial charge in [-0.1, -0.05) is 6.92 Å². The average molecular weight is 274 g/mol. The van der Waals surface area contributed by atoms with Gasteiger partial charge in [0.05, 0.1) is 5.92 Å². The van der Waals surface area contributed by atoms with Gasteiger partial charge in [0.1, 0.15) is 0 Å². The minimum Gasteiger partial charge on any atom is -0.481 e. The van der Waals surface area contributed by atoms with E-state index in [9.17, 15) is 14.4 Å². The monoisotopic (exact) mass is 274 g/mol. The molecule has 1 unspecified atom stereocenters. The molecule has 8 heteroatoms. The van der Waals surface area contributed by atoms with Crippen LogP contribution in [-0.4, -0.2) is 61.8 Å². The molecule has 0 heterocycles. The van der Waals surface area contributed by atoms with E-state index in [0.717, 1.165) is 0 Å². The highest BCUT2D eigenvalue weighted by molar-refractivity contribution is 5.76. The van der Waals surface area contributed by atoms with Gasteiger partial charge in [-0.05, 0) is 6.42 Å². The van der Waals surface area contributed by atoms with Gasteiger partial charge in [-0.2, -0.15) is 0 Å². The molecule has 19 heavy (non-hydrogen) atoms. The Bertz CT molecular complexity index is 320. The summed E-state index contributed by atoms with van der Waals surface area (Å²) in [5.41, 5.74) is 0. The molecule has 1 atom stereocenters. The number of amides is 4. The smallest absolute Gasteiger partial charge is 0.316 e. The van der Waals surface area contributed by atoms with Crippen LogP contribution in [0.15, 0.2) is 0 Å². The predicted molar refractivity (Wildman–Crippen MR) is 69.9 cm³/mol. The lowest BCUT2D eigenvalue weighted by Gasteiger charge is -2.13. The van der Waals surface area contributed by atoms with Crippen molar-refractivity contribution in [1.82, 2.24) is 20.9 Å². The summed E-state index contributed by atoms with van der Waals surface area (Å²) >= 11 is 0. The van der Waals surface area contributed by atoms with Crippen molar-refractivity contribution in [3.05, 3.63) is 0 Å². The van der Waals surface area contributed by atoms with Gasteiger partial charge in [0.2, 0.25) is 0 Å². The summed E-state index contributed by atoms with van der Waals surface area (Å²) < 4.78 is 0. The Kier molecular flexibility index (Phi) is 8.07. The fourth-order valence-corrected chi connectivity index (χ4v) is 1.19. The van der Waals surface area contributed by atoms with Crippen LogP contribution in [-0.2, 0) is 4.79 Å². The van der Waals surface area contributed by atoms with Gasteiger partial charge < -0.3 is 26.0 Å². The molecular weight excluding hydrogens is 252 g/mol. The van der Waals surface area contributed by atoms with E-state index >= 15 is 0 Å². The molecule has 4 amide bonds. The van der Waals surface area contributed by atoms with Gasteiger partial charge in [-0.25, -0.2) is 9.59 Å². The molecule has 0 fully saturated rings. The minimum absolute atomic E-state index is 0.0850. The number of hydrogen-bond acceptors (Lipinski definition) is 3. The van der Waals surface area contributed by atoms with Crippen LogP contribution in [0.2, 0.25) is 0 Å². The fraction of sp³-hybridized carbons (Fsp3) is 0.727. The van der Waals surface area contributed by atoms with E-state index in [1.807, 2.05) is 0 Å². The second kappa shape index (κ2) is 9.01. The summed E-state index contributed by atoms with van der Waals surface area (Å²) in [5.74, 6) is -1.51. The van der Waals surface area contributed by atoms with Gasteiger partial charge in [0.25, 0.3) is 0 Å². The molecule has 0 aromatic heterocycles. The Labute approximate surface area is 112 Å². The number of nitrogens with one attached hydrogen (secondary N) is 3. The minimum atomic E-state index is -0.930. The zero-order valence-corrected chi connectivity index (χ0v) is 11.5. The number of carboxylic acid groups (broad SMARTS) is 1. The Morgan fingerprint density at radius 1 is 1.11 bits per heavy atom. The highest BCUT2D eigenvalue weighted by atomic mass is 16.4. The van der Waals surface area contributed by atoms with Crippen molar-refractivity contribution in [2.45, 2.75) is 13.3 Å². The molecule has 0 aliphatic carbocycles. The highest BCUT2D eigenvalue weighted by Crippen LogP contribution is 1.99. The molecule has 0 rings (SSSR count). The van der Waals surface area contributed by atoms with E-state index in [2.05, 4.69) is 16.0 Å². The molecule has 8 nitrogen and oxygen atoms in total. The van der Waals surface area contributed by atoms with Crippen molar-refractivity contribution in [3.8, 4) is 0 Å². The quantitative estimate of drug-likeness (QED) is 0.476. The van der Waals surface area contributed by atoms with Crippen LogP contribution < -0.4 is 16.0 Å². The predicted octanol–water partition coefficient (Wildman–Crippen LogP) is -0.332. The van der Waals surface area contributed by atoms with Crippen molar-refractivity contribution in [1.29, 1.82) is 0 Å². The Hall–Kier alpha value is -1.99. The third-order valence-electron chi connectivity index (χ3n) is 2.44. The summed E-state index contributed by atoms with van der Waals surface area (Å²) in [6.45, 7) is 2.41. The van der Waals surface area contributed by atoms with Crippen LogP contribution in [0, 0.1) is 5.92 Å². The van der Waals surface area contributed by atoms with Crippen LogP contribution >= 0.6 is 0 Å². The van der Waals surface area contributed by atoms with Crippen molar-refractivity contribution in [2.75, 3.05) is 33.7 Å². The number of hydrogen-bond donors (Lipinski definition) is 4. The first-order valence-corrected chi connectivity index (χ1v) is 6.08. The topological polar surface area (TPSA) is 111 Å². The molecule has 0 radical (unpaired) electrons. The maximum atomic E-state index is 11.3. The van der Waals surface area contributed by atoms with Crippen LogP contribution in [0.1, 0.15) is 13.3 Å². The zero-order chi connectivity index (χ0) is 14.8. The van der Waals surface area contributed by atoms with Crippen LogP contribution in [0.5, 0.6) is 0 Å². The Morgan fingerprint density at radius 2 is 1.68 bits per heavy atom. The molecule has 0 aliphatic rings. The lowest BCUT2D eigenvalue weighted by molar-refractivity contribution is -0.141. The van der Waals surface area contributed by atoms with Gasteiger partial charge in [-0.15, -0.1) is 0 Å². The second-order valence-electron chi connectivity index (χ2n) is 4.21. The number of carbonyl (C=O) groups is 3. The summed E-state index contributed by atoms with van der Waals surface area (Å²) in [6, 6.07) is -0.682. The number of urea groups is 2. The molecule has 110 valence electrons. The van der Waals surface area contributed by atoms with Crippen molar-refractivity contribution in [2.24, 2.45) is 5.92 Å². The SMILES string of the molecule is CCC(CNC(=O)NCCNC(=O)N(C)C)C(=O)O. The van der Waals surface area contributed by atoms with Gasteiger partial charge in [-0.3, -0.25) is 4.79 Å². The lowest BCUT2D eigenvalue weighted by atomic mass is 10.1. The molecule has 0 spiro atoms. The van der Waals surface area contributed by atoms with E-state index in [1.165, 1.54) is 4.90 Å². The normalized spacial score (nSPS) is 11.3. The number of carbonyl (C=O) groups excluding carboxylic acids is 2. The number of rotatable bonds is 7. The molecule has 0 saturated heterocycles. The van der Waals surface area contributed by atoms with Crippen LogP contribution in [0.3, 0.4) is 0 Å². The molecule has 4 N–H and O–H groups in total. The number of nitrogens with zero attached hydrogens (tertiary/aromatic N) is 1. The van der Waals surface area contributed by atoms with Gasteiger partial charge >= 0.3 is 18.0 Å². The van der Waals surface area contributed by atoms with E-state index in [-0.39, 0.29) is 19.1 Å². The van der Waals surface area contributed by atoms with Crippen molar-refractivity contribution in [3.63, 3.8) is 0 Å². The third-order valence-corrected chi connectivity index (χ3v) is 2.44. The molecular formula is C11H22N4O4. The fourth-order valence-electron chi connectivity index (χ4n) is 1.19. The van der Waals surface area contributed by atoms with Crippen LogP contribution in [0.4, 0.5) is 9.59 Å². The first-order chi connectivity index (χ1) is 8.88. The van der Waals surface area contributed by atoms with Crippen molar-refractivity contribution >= 4 is 18.0 Å². The van der Waals surface area contributed by atoms with E-state index in [0.29, 0.717) is 13.0 Å². The Morgan fingerprint density at radius 3 is 2.16 bits per heavy atom. The summed E-state index contributed by atoms with van der Waals surface area (Å²) in [7, 11) is 3.23. The summed E-state index contributed by atoms with van der Waals surface area (Å²) in [5, 5.41) is 16.4. The van der Waals surface area contributed by atoms with Gasteiger partial charge in [0.15, 0.2) is 0 Å². The van der Waals surface area contributed by atoms with E-state index in [4.69, 9.17) is 5.11 Å². The first-order valence-electron chi connectivity index (χ1n) is 6.08. The first kappa shape index (κ1) is 17.0. The molecule has 0 aromatic carbocycles. The zero-order valence-electron chi connectivity index (χ0n) is 11.5. The van der Waals surface area contributed by atoms with Crippen molar-refractivity contribution < 1.29 is 19.5 Å². The standard InChI is InChI=1S/C11H22N4O4/c1-4-8(9(16)17)7-14-10(18)12-5-6-13-11(19)15(2)3/h8H,4-7H2,1-3H3,(H,13,19)(H,16,17)(H2,12,14,18). The molecule has 0 saturated carbocycles. The number of carboxylic acids is 1. The Balaban J connectivity index is 3.71. The third kappa shape index (κ3) is 7.85. The summed E-state index contributed by atoms with van der Waals surface area (Å²) in [6.07, 6.45) is 0.453.